The third-order valence-corrected chi connectivity index (χ3v) is 4.40. The Bertz CT molecular complexity index is 730. The van der Waals surface area contributed by atoms with Crippen molar-refractivity contribution in [3.63, 3.8) is 0 Å². The van der Waals surface area contributed by atoms with Crippen LogP contribution in [0.1, 0.15) is 34.8 Å². The van der Waals surface area contributed by atoms with E-state index in [0.717, 1.165) is 18.4 Å². The lowest BCUT2D eigenvalue weighted by atomic mass is 10.0. The van der Waals surface area contributed by atoms with Gasteiger partial charge in [0, 0.05) is 12.1 Å². The van der Waals surface area contributed by atoms with Gasteiger partial charge in [0.15, 0.2) is 11.5 Å². The molecule has 4 nitrogen and oxygen atoms in total. The molecule has 1 aliphatic heterocycles. The Labute approximate surface area is 140 Å². The van der Waals surface area contributed by atoms with Crippen LogP contribution in [0.5, 0.6) is 11.5 Å². The lowest BCUT2D eigenvalue weighted by molar-refractivity contribution is 0.0735. The fourth-order valence-corrected chi connectivity index (χ4v) is 3.18. The van der Waals surface area contributed by atoms with Gasteiger partial charge in [-0.2, -0.15) is 0 Å². The Morgan fingerprint density at radius 2 is 1.79 bits per heavy atom. The van der Waals surface area contributed by atoms with E-state index < -0.39 is 0 Å². The van der Waals surface area contributed by atoms with Crippen molar-refractivity contribution in [2.45, 2.75) is 18.9 Å². The van der Waals surface area contributed by atoms with E-state index in [1.54, 1.807) is 44.6 Å². The molecule has 2 aromatic carbocycles. The van der Waals surface area contributed by atoms with Gasteiger partial charge in [-0.25, -0.2) is 4.39 Å². The number of carbonyl (C=O) groups excluding carboxylic acids is 1. The van der Waals surface area contributed by atoms with E-state index in [1.165, 1.54) is 12.1 Å². The van der Waals surface area contributed by atoms with Gasteiger partial charge in [0.1, 0.15) is 5.82 Å². The molecular weight excluding hydrogens is 309 g/mol. The van der Waals surface area contributed by atoms with Gasteiger partial charge < -0.3 is 14.4 Å². The van der Waals surface area contributed by atoms with E-state index in [1.807, 2.05) is 4.90 Å². The van der Waals surface area contributed by atoms with E-state index in [2.05, 4.69) is 0 Å². The summed E-state index contributed by atoms with van der Waals surface area (Å²) in [6.45, 7) is 0.690. The molecule has 1 fully saturated rings. The Balaban J connectivity index is 1.87. The number of nitrogens with zero attached hydrogens (tertiary/aromatic N) is 1. The molecule has 0 N–H and O–H groups in total. The molecule has 0 saturated carbocycles. The van der Waals surface area contributed by atoms with Crippen molar-refractivity contribution < 1.29 is 18.7 Å². The number of halogens is 1. The van der Waals surface area contributed by atoms with Crippen molar-refractivity contribution in [3.05, 3.63) is 59.4 Å². The summed E-state index contributed by atoms with van der Waals surface area (Å²) in [6.07, 6.45) is 1.81. The zero-order valence-corrected chi connectivity index (χ0v) is 13.8. The predicted molar refractivity (Wildman–Crippen MR) is 89.0 cm³/mol. The molecule has 0 aromatic heterocycles. The third kappa shape index (κ3) is 3.07. The topological polar surface area (TPSA) is 38.8 Å². The summed E-state index contributed by atoms with van der Waals surface area (Å²) in [5, 5.41) is 0. The molecule has 1 aliphatic rings. The van der Waals surface area contributed by atoms with Crippen LogP contribution in [0.2, 0.25) is 0 Å². The summed E-state index contributed by atoms with van der Waals surface area (Å²) in [7, 11) is 3.10. The highest BCUT2D eigenvalue weighted by Gasteiger charge is 2.31. The van der Waals surface area contributed by atoms with Crippen molar-refractivity contribution in [1.29, 1.82) is 0 Å². The molecule has 24 heavy (non-hydrogen) atoms. The third-order valence-electron chi connectivity index (χ3n) is 4.40. The van der Waals surface area contributed by atoms with Gasteiger partial charge in [-0.1, -0.05) is 12.1 Å². The monoisotopic (exact) mass is 329 g/mol. The maximum atomic E-state index is 13.1. The predicted octanol–water partition coefficient (Wildman–Crippen LogP) is 3.82. The maximum absolute atomic E-state index is 13.1. The van der Waals surface area contributed by atoms with Gasteiger partial charge in [0.2, 0.25) is 0 Å². The molecule has 0 unspecified atom stereocenters. The lowest BCUT2D eigenvalue weighted by Gasteiger charge is -2.25. The van der Waals surface area contributed by atoms with Gasteiger partial charge in [0.05, 0.1) is 20.3 Å². The smallest absolute Gasteiger partial charge is 0.254 e. The molecule has 0 spiro atoms. The zero-order chi connectivity index (χ0) is 17.1. The van der Waals surface area contributed by atoms with Crippen LogP contribution in [0.25, 0.3) is 0 Å². The minimum Gasteiger partial charge on any atom is -0.493 e. The molecule has 1 amide bonds. The molecule has 1 atom stereocenters. The van der Waals surface area contributed by atoms with Crippen molar-refractivity contribution in [1.82, 2.24) is 4.90 Å². The molecule has 0 bridgehead atoms. The largest absolute Gasteiger partial charge is 0.493 e. The van der Waals surface area contributed by atoms with Crippen LogP contribution in [0.4, 0.5) is 4.39 Å². The van der Waals surface area contributed by atoms with Crippen molar-refractivity contribution in [3.8, 4) is 11.5 Å². The number of amides is 1. The average molecular weight is 329 g/mol. The van der Waals surface area contributed by atoms with Crippen LogP contribution >= 0.6 is 0 Å². The first-order chi connectivity index (χ1) is 11.6. The second-order valence-corrected chi connectivity index (χ2v) is 5.78. The van der Waals surface area contributed by atoms with E-state index in [9.17, 15) is 9.18 Å². The van der Waals surface area contributed by atoms with Crippen LogP contribution in [0.3, 0.4) is 0 Å². The zero-order valence-electron chi connectivity index (χ0n) is 13.8. The number of benzene rings is 2. The number of ether oxygens (including phenoxy) is 2. The second kappa shape index (κ2) is 6.91. The number of carbonyl (C=O) groups is 1. The molecule has 2 aromatic rings. The fraction of sp³-hybridized carbons (Fsp3) is 0.316. The van der Waals surface area contributed by atoms with E-state index >= 15 is 0 Å². The highest BCUT2D eigenvalue weighted by atomic mass is 19.1. The molecule has 1 heterocycles. The summed E-state index contributed by atoms with van der Waals surface area (Å²) >= 11 is 0. The highest BCUT2D eigenvalue weighted by molar-refractivity contribution is 5.95. The van der Waals surface area contributed by atoms with Crippen LogP contribution in [0, 0.1) is 5.82 Å². The number of hydrogen-bond donors (Lipinski definition) is 0. The van der Waals surface area contributed by atoms with Crippen LogP contribution in [-0.4, -0.2) is 31.6 Å². The Hall–Kier alpha value is -2.56. The minimum absolute atomic E-state index is 0.0220. The van der Waals surface area contributed by atoms with E-state index in [0.29, 0.717) is 23.6 Å². The van der Waals surface area contributed by atoms with Crippen molar-refractivity contribution in [2.75, 3.05) is 20.8 Å². The first-order valence-electron chi connectivity index (χ1n) is 7.92. The van der Waals surface area contributed by atoms with Crippen LogP contribution in [0.15, 0.2) is 42.5 Å². The van der Waals surface area contributed by atoms with Gasteiger partial charge in [-0.05, 0) is 48.7 Å². The minimum atomic E-state index is -0.269. The summed E-state index contributed by atoms with van der Waals surface area (Å²) in [6, 6.07) is 11.5. The summed E-state index contributed by atoms with van der Waals surface area (Å²) in [5.41, 5.74) is 1.52. The van der Waals surface area contributed by atoms with E-state index in [-0.39, 0.29) is 17.8 Å². The quantitative estimate of drug-likeness (QED) is 0.856. The molecule has 1 saturated heterocycles. The number of rotatable bonds is 4. The van der Waals surface area contributed by atoms with Gasteiger partial charge in [-0.15, -0.1) is 0 Å². The SMILES string of the molecule is COc1ccc(C(=O)N2CCC[C@@H]2c2ccc(F)cc2)cc1OC. The van der Waals surface area contributed by atoms with Crippen LogP contribution < -0.4 is 9.47 Å². The normalized spacial score (nSPS) is 17.0. The molecule has 126 valence electrons. The molecule has 3 rings (SSSR count). The first-order valence-corrected chi connectivity index (χ1v) is 7.92. The molecular formula is C19H20FNO3. The Morgan fingerprint density at radius 1 is 1.08 bits per heavy atom. The lowest BCUT2D eigenvalue weighted by Crippen LogP contribution is -2.30. The van der Waals surface area contributed by atoms with E-state index in [4.69, 9.17) is 9.47 Å². The van der Waals surface area contributed by atoms with Gasteiger partial charge >= 0.3 is 0 Å². The Kier molecular flexibility index (Phi) is 4.69. The molecule has 0 radical (unpaired) electrons. The highest BCUT2D eigenvalue weighted by Crippen LogP contribution is 2.34. The number of methoxy groups -OCH3 is 2. The maximum Gasteiger partial charge on any atom is 0.254 e. The van der Waals surface area contributed by atoms with Gasteiger partial charge in [-0.3, -0.25) is 4.79 Å². The van der Waals surface area contributed by atoms with Crippen molar-refractivity contribution >= 4 is 5.91 Å². The van der Waals surface area contributed by atoms with Gasteiger partial charge in [0.25, 0.3) is 5.91 Å². The average Bonchev–Trinajstić information content (AvgIpc) is 3.10. The Morgan fingerprint density at radius 3 is 2.46 bits per heavy atom. The number of hydrogen-bond acceptors (Lipinski definition) is 3. The molecule has 5 heteroatoms. The molecule has 0 aliphatic carbocycles. The van der Waals surface area contributed by atoms with Crippen LogP contribution in [-0.2, 0) is 0 Å². The standard InChI is InChI=1S/C19H20FNO3/c1-23-17-10-7-14(12-18(17)24-2)19(22)21-11-3-4-16(21)13-5-8-15(20)9-6-13/h5-10,12,16H,3-4,11H2,1-2H3/t16-/m1/s1. The first kappa shape index (κ1) is 16.3. The summed E-state index contributed by atoms with van der Waals surface area (Å²) < 4.78 is 23.6. The summed E-state index contributed by atoms with van der Waals surface area (Å²) in [5.74, 6) is 0.795. The number of likely N-dealkylation sites (tertiary alicyclic amines) is 1. The second-order valence-electron chi connectivity index (χ2n) is 5.78. The summed E-state index contributed by atoms with van der Waals surface area (Å²) in [4.78, 5) is 14.8. The fourth-order valence-electron chi connectivity index (χ4n) is 3.18. The van der Waals surface area contributed by atoms with Crippen molar-refractivity contribution in [2.24, 2.45) is 0 Å².